The fourth-order valence-electron chi connectivity index (χ4n) is 3.82. The average Bonchev–Trinajstić information content (AvgIpc) is 3.63. The number of hydrogen-bond acceptors (Lipinski definition) is 6. The van der Waals surface area contributed by atoms with Gasteiger partial charge in [0.15, 0.2) is 5.96 Å². The largest absolute Gasteiger partial charge is 0.486 e. The number of ether oxygens (including phenoxy) is 2. The molecule has 0 saturated heterocycles. The first kappa shape index (κ1) is 32.6. The lowest BCUT2D eigenvalue weighted by molar-refractivity contribution is -0.129. The molecule has 3 aliphatic rings. The summed E-state index contributed by atoms with van der Waals surface area (Å²) in [7, 11) is 1.68. The molecule has 0 spiro atoms. The SMILES string of the molecule is C#C.CC1(C)CC(=O)N(CC2CC2)C(N)=N1.CC1(C)CC(N=CN)c2cc(Cl)cc(Cl)c2O1.CCOC. The fraction of sp³-hybridized carbons (Fsp3) is 0.593. The molecule has 2 aliphatic heterocycles. The quantitative estimate of drug-likeness (QED) is 0.301. The van der Waals surface area contributed by atoms with E-state index in [1.165, 1.54) is 19.2 Å². The number of halogens is 2. The molecular weight excluding hydrogens is 513 g/mol. The zero-order chi connectivity index (χ0) is 28.4. The van der Waals surface area contributed by atoms with Crippen molar-refractivity contribution in [2.24, 2.45) is 27.4 Å². The van der Waals surface area contributed by atoms with Crippen LogP contribution in [0.3, 0.4) is 0 Å². The number of carbonyl (C=O) groups excluding carboxylic acids is 1. The van der Waals surface area contributed by atoms with E-state index in [1.807, 2.05) is 40.7 Å². The summed E-state index contributed by atoms with van der Waals surface area (Å²) in [5.41, 5.74) is 11.4. The van der Waals surface area contributed by atoms with E-state index in [9.17, 15) is 4.79 Å². The van der Waals surface area contributed by atoms with Gasteiger partial charge in [-0.2, -0.15) is 0 Å². The maximum absolute atomic E-state index is 11.7. The van der Waals surface area contributed by atoms with Gasteiger partial charge in [0.05, 0.1) is 29.4 Å². The first-order valence-electron chi connectivity index (χ1n) is 12.2. The normalized spacial score (nSPS) is 21.0. The number of amides is 1. The molecule has 0 aromatic heterocycles. The van der Waals surface area contributed by atoms with Crippen LogP contribution < -0.4 is 16.2 Å². The number of rotatable bonds is 4. The van der Waals surface area contributed by atoms with Crippen molar-refractivity contribution >= 4 is 41.4 Å². The highest BCUT2D eigenvalue weighted by molar-refractivity contribution is 6.35. The lowest BCUT2D eigenvalue weighted by atomic mass is 9.90. The van der Waals surface area contributed by atoms with Crippen molar-refractivity contribution < 1.29 is 14.3 Å². The van der Waals surface area contributed by atoms with E-state index < -0.39 is 0 Å². The molecule has 8 nitrogen and oxygen atoms in total. The van der Waals surface area contributed by atoms with Gasteiger partial charge in [0.25, 0.3) is 0 Å². The second-order valence-corrected chi connectivity index (χ2v) is 11.0. The fourth-order valence-corrected chi connectivity index (χ4v) is 4.37. The van der Waals surface area contributed by atoms with Gasteiger partial charge in [-0.05, 0) is 65.5 Å². The van der Waals surface area contributed by atoms with Crippen molar-refractivity contribution in [3.05, 3.63) is 27.7 Å². The van der Waals surface area contributed by atoms with Crippen LogP contribution >= 0.6 is 23.2 Å². The van der Waals surface area contributed by atoms with Crippen LogP contribution in [-0.2, 0) is 9.53 Å². The number of guanidine groups is 1. The summed E-state index contributed by atoms with van der Waals surface area (Å²) in [6, 6.07) is 3.44. The third-order valence-corrected chi connectivity index (χ3v) is 6.23. The van der Waals surface area contributed by atoms with Gasteiger partial charge in [0, 0.05) is 37.3 Å². The molecular formula is C27H41Cl2N5O3. The minimum absolute atomic E-state index is 0.0602. The number of hydrogen-bond donors (Lipinski definition) is 2. The second kappa shape index (κ2) is 14.5. The predicted octanol–water partition coefficient (Wildman–Crippen LogP) is 5.21. The van der Waals surface area contributed by atoms with Crippen LogP contribution in [0.2, 0.25) is 10.0 Å². The van der Waals surface area contributed by atoms with E-state index in [4.69, 9.17) is 39.4 Å². The van der Waals surface area contributed by atoms with Gasteiger partial charge in [-0.3, -0.25) is 14.7 Å². The van der Waals surface area contributed by atoms with Crippen molar-refractivity contribution in [3.8, 4) is 18.6 Å². The predicted molar refractivity (Wildman–Crippen MR) is 153 cm³/mol. The molecule has 4 rings (SSSR count). The van der Waals surface area contributed by atoms with E-state index in [0.717, 1.165) is 25.1 Å². The van der Waals surface area contributed by atoms with E-state index in [-0.39, 0.29) is 23.1 Å². The summed E-state index contributed by atoms with van der Waals surface area (Å²) in [6.07, 6.45) is 13.0. The van der Waals surface area contributed by atoms with E-state index in [2.05, 4.69) is 27.6 Å². The molecule has 0 bridgehead atoms. The Morgan fingerprint density at radius 1 is 1.27 bits per heavy atom. The first-order chi connectivity index (χ1) is 17.3. The van der Waals surface area contributed by atoms with Crippen molar-refractivity contribution in [1.82, 2.24) is 4.90 Å². The van der Waals surface area contributed by atoms with Crippen molar-refractivity contribution in [1.29, 1.82) is 0 Å². The minimum Gasteiger partial charge on any atom is -0.486 e. The molecule has 1 unspecified atom stereocenters. The number of nitrogens with zero attached hydrogens (tertiary/aromatic N) is 3. The average molecular weight is 555 g/mol. The van der Waals surface area contributed by atoms with Crippen LogP contribution in [0.25, 0.3) is 0 Å². The van der Waals surface area contributed by atoms with Gasteiger partial charge in [0.1, 0.15) is 11.4 Å². The first-order valence-corrected chi connectivity index (χ1v) is 13.0. The molecule has 4 N–H and O–H groups in total. The molecule has 2 heterocycles. The summed E-state index contributed by atoms with van der Waals surface area (Å²) in [6.45, 7) is 11.4. The Morgan fingerprint density at radius 3 is 2.35 bits per heavy atom. The molecule has 1 aliphatic carbocycles. The van der Waals surface area contributed by atoms with Crippen molar-refractivity contribution in [3.63, 3.8) is 0 Å². The highest BCUT2D eigenvalue weighted by Gasteiger charge is 2.36. The van der Waals surface area contributed by atoms with Crippen LogP contribution in [-0.4, -0.2) is 54.5 Å². The molecule has 1 fully saturated rings. The van der Waals surface area contributed by atoms with Gasteiger partial charge in [-0.15, -0.1) is 12.8 Å². The summed E-state index contributed by atoms with van der Waals surface area (Å²) < 4.78 is 10.4. The second-order valence-electron chi connectivity index (χ2n) is 10.2. The molecule has 1 atom stereocenters. The van der Waals surface area contributed by atoms with Crippen LogP contribution in [0.15, 0.2) is 22.1 Å². The number of aliphatic imine (C=N–C) groups is 2. The van der Waals surface area contributed by atoms with Crippen LogP contribution in [0.4, 0.5) is 0 Å². The lowest BCUT2D eigenvalue weighted by Gasteiger charge is -2.36. The van der Waals surface area contributed by atoms with Gasteiger partial charge in [-0.1, -0.05) is 23.2 Å². The highest BCUT2D eigenvalue weighted by atomic mass is 35.5. The standard InChI is InChI=1S/C12H14Cl2N2O.C10H17N3O.C3H8O.C2H2/c1-12(2)5-10(16-6-15)8-3-7(13)4-9(14)11(8)17-12;1-10(2)5-8(14)13(9(11)12-10)6-7-3-4-7;1-3-4-2;1-2/h3-4,6,10H,5H2,1-2H3,(H2,15,16);7H,3-6H2,1-2H3,(H2,11,12);3H2,1-2H3;1-2H. The molecule has 1 aromatic rings. The monoisotopic (exact) mass is 553 g/mol. The zero-order valence-corrected chi connectivity index (χ0v) is 24.3. The Labute approximate surface area is 231 Å². The number of benzene rings is 1. The summed E-state index contributed by atoms with van der Waals surface area (Å²) in [5, 5.41) is 1.09. The van der Waals surface area contributed by atoms with Crippen molar-refractivity contribution in [2.45, 2.75) is 77.5 Å². The molecule has 206 valence electrons. The van der Waals surface area contributed by atoms with E-state index in [1.54, 1.807) is 18.1 Å². The lowest BCUT2D eigenvalue weighted by Crippen LogP contribution is -2.50. The molecule has 1 saturated carbocycles. The highest BCUT2D eigenvalue weighted by Crippen LogP contribution is 2.46. The maximum atomic E-state index is 11.7. The van der Waals surface area contributed by atoms with Crippen LogP contribution in [0.1, 0.15) is 71.9 Å². The zero-order valence-electron chi connectivity index (χ0n) is 22.8. The van der Waals surface area contributed by atoms with E-state index >= 15 is 0 Å². The Hall–Kier alpha value is -2.47. The minimum atomic E-state index is -0.318. The number of nitrogens with two attached hydrogens (primary N) is 2. The molecule has 37 heavy (non-hydrogen) atoms. The number of fused-ring (bicyclic) bond motifs is 1. The van der Waals surface area contributed by atoms with Crippen LogP contribution in [0.5, 0.6) is 5.75 Å². The summed E-state index contributed by atoms with van der Waals surface area (Å²) in [4.78, 5) is 22.0. The topological polar surface area (TPSA) is 116 Å². The van der Waals surface area contributed by atoms with Gasteiger partial charge in [-0.25, -0.2) is 4.99 Å². The number of terminal acetylenes is 1. The molecule has 1 aromatic carbocycles. The Bertz CT molecular complexity index is 986. The number of carbonyl (C=O) groups is 1. The van der Waals surface area contributed by atoms with E-state index in [0.29, 0.717) is 34.1 Å². The number of methoxy groups -OCH3 is 1. The molecule has 0 radical (unpaired) electrons. The molecule has 10 heteroatoms. The van der Waals surface area contributed by atoms with Crippen LogP contribution in [0, 0.1) is 18.8 Å². The van der Waals surface area contributed by atoms with Gasteiger partial charge < -0.3 is 20.9 Å². The third kappa shape index (κ3) is 10.4. The summed E-state index contributed by atoms with van der Waals surface area (Å²) in [5.74, 6) is 1.84. The van der Waals surface area contributed by atoms with Crippen molar-refractivity contribution in [2.75, 3.05) is 20.3 Å². The Balaban J connectivity index is 0.000000309. The smallest absolute Gasteiger partial charge is 0.231 e. The third-order valence-electron chi connectivity index (χ3n) is 5.73. The van der Waals surface area contributed by atoms with Gasteiger partial charge in [0.2, 0.25) is 5.91 Å². The molecule has 1 amide bonds. The van der Waals surface area contributed by atoms with Gasteiger partial charge >= 0.3 is 0 Å². The maximum Gasteiger partial charge on any atom is 0.231 e. The Morgan fingerprint density at radius 2 is 1.86 bits per heavy atom. The summed E-state index contributed by atoms with van der Waals surface area (Å²) >= 11 is 12.1. The Kier molecular flexibility index (Phi) is 12.7.